The number of hydrogen-bond donors (Lipinski definition) is 1. The van der Waals surface area contributed by atoms with Crippen LogP contribution >= 0.6 is 15.9 Å². The fourth-order valence-electron chi connectivity index (χ4n) is 1.82. The topological polar surface area (TPSA) is 21.3 Å². The number of benzene rings is 1. The predicted molar refractivity (Wildman–Crippen MR) is 79.2 cm³/mol. The molecule has 18 heavy (non-hydrogen) atoms. The van der Waals surface area contributed by atoms with Gasteiger partial charge in [0.15, 0.2) is 0 Å². The summed E-state index contributed by atoms with van der Waals surface area (Å²) in [6, 6.07) is 6.90. The smallest absolute Gasteiger partial charge is 0.119 e. The molecule has 0 saturated heterocycles. The highest BCUT2D eigenvalue weighted by Crippen LogP contribution is 2.23. The lowest BCUT2D eigenvalue weighted by Crippen LogP contribution is -2.16. The van der Waals surface area contributed by atoms with Crippen molar-refractivity contribution in [3.05, 3.63) is 40.4 Å². The summed E-state index contributed by atoms with van der Waals surface area (Å²) in [5, 5.41) is 3.50. The van der Waals surface area contributed by atoms with Crippen LogP contribution in [0.25, 0.3) is 0 Å². The molecule has 0 radical (unpaired) electrons. The second-order valence-electron chi connectivity index (χ2n) is 4.65. The third-order valence-electron chi connectivity index (χ3n) is 3.08. The van der Waals surface area contributed by atoms with Gasteiger partial charge in [-0.3, -0.25) is 0 Å². The second-order valence-corrected chi connectivity index (χ2v) is 5.50. The van der Waals surface area contributed by atoms with Gasteiger partial charge in [0, 0.05) is 10.5 Å². The van der Waals surface area contributed by atoms with E-state index in [-0.39, 0.29) is 0 Å². The van der Waals surface area contributed by atoms with E-state index in [2.05, 4.69) is 39.5 Å². The zero-order valence-corrected chi connectivity index (χ0v) is 12.4. The zero-order valence-electron chi connectivity index (χ0n) is 10.8. The van der Waals surface area contributed by atoms with Gasteiger partial charge in [-0.25, -0.2) is 0 Å². The fraction of sp³-hybridized carbons (Fsp3) is 0.467. The van der Waals surface area contributed by atoms with Crippen LogP contribution in [0, 0.1) is 0 Å². The van der Waals surface area contributed by atoms with Crippen molar-refractivity contribution in [3.8, 4) is 5.75 Å². The molecule has 0 aromatic heterocycles. The quantitative estimate of drug-likeness (QED) is 0.612. The molecule has 1 saturated carbocycles. The average Bonchev–Trinajstić information content (AvgIpc) is 3.19. The molecule has 0 aliphatic heterocycles. The number of hydrogen-bond acceptors (Lipinski definition) is 2. The van der Waals surface area contributed by atoms with E-state index in [4.69, 9.17) is 4.74 Å². The van der Waals surface area contributed by atoms with Crippen LogP contribution in [0.1, 0.15) is 24.8 Å². The van der Waals surface area contributed by atoms with Gasteiger partial charge in [-0.2, -0.15) is 0 Å². The standard InChI is InChI=1S/C15H20BrNO/c1-18-14-8-9-15(16)12(11-14)5-3-2-4-10-17-13-6-7-13/h2-3,8-9,11,13,17H,4-7,10H2,1H3. The van der Waals surface area contributed by atoms with Gasteiger partial charge < -0.3 is 10.1 Å². The maximum atomic E-state index is 5.23. The summed E-state index contributed by atoms with van der Waals surface area (Å²) in [5.41, 5.74) is 1.26. The molecular formula is C15H20BrNO. The molecule has 0 spiro atoms. The molecule has 3 heteroatoms. The largest absolute Gasteiger partial charge is 0.497 e. The van der Waals surface area contributed by atoms with Crippen molar-refractivity contribution in [2.24, 2.45) is 0 Å². The molecule has 1 aliphatic rings. The van der Waals surface area contributed by atoms with Crippen LogP contribution < -0.4 is 10.1 Å². The Bertz CT molecular complexity index is 413. The molecule has 1 aliphatic carbocycles. The minimum absolute atomic E-state index is 0.811. The summed E-state index contributed by atoms with van der Waals surface area (Å²) < 4.78 is 6.38. The summed E-state index contributed by atoms with van der Waals surface area (Å²) in [5.74, 6) is 0.914. The molecule has 0 unspecified atom stereocenters. The van der Waals surface area contributed by atoms with Crippen molar-refractivity contribution in [1.29, 1.82) is 0 Å². The number of halogens is 1. The monoisotopic (exact) mass is 309 g/mol. The van der Waals surface area contributed by atoms with Gasteiger partial charge in [0.2, 0.25) is 0 Å². The van der Waals surface area contributed by atoms with E-state index in [0.29, 0.717) is 0 Å². The molecule has 1 aromatic rings. The first kappa shape index (κ1) is 13.6. The SMILES string of the molecule is COc1ccc(Br)c(CC=CCCNC2CC2)c1. The molecule has 0 atom stereocenters. The molecule has 0 heterocycles. The summed E-state index contributed by atoms with van der Waals surface area (Å²) in [6.07, 6.45) is 9.26. The molecule has 0 amide bonds. The first-order valence-electron chi connectivity index (χ1n) is 6.50. The van der Waals surface area contributed by atoms with Gasteiger partial charge in [0.05, 0.1) is 7.11 Å². The Morgan fingerprint density at radius 3 is 2.94 bits per heavy atom. The third kappa shape index (κ3) is 4.46. The summed E-state index contributed by atoms with van der Waals surface area (Å²) in [4.78, 5) is 0. The lowest BCUT2D eigenvalue weighted by molar-refractivity contribution is 0.414. The van der Waals surface area contributed by atoms with Crippen molar-refractivity contribution >= 4 is 15.9 Å². The van der Waals surface area contributed by atoms with Gasteiger partial charge in [0.1, 0.15) is 5.75 Å². The van der Waals surface area contributed by atoms with Crippen LogP contribution in [-0.4, -0.2) is 19.7 Å². The Labute approximate surface area is 118 Å². The first-order valence-corrected chi connectivity index (χ1v) is 7.29. The summed E-state index contributed by atoms with van der Waals surface area (Å²) >= 11 is 3.57. The molecular weight excluding hydrogens is 290 g/mol. The summed E-state index contributed by atoms with van der Waals surface area (Å²) in [6.45, 7) is 1.10. The Kier molecular flexibility index (Phi) is 5.26. The molecule has 1 aromatic carbocycles. The van der Waals surface area contributed by atoms with Gasteiger partial charge >= 0.3 is 0 Å². The van der Waals surface area contributed by atoms with Gasteiger partial charge in [-0.05, 0) is 56.0 Å². The van der Waals surface area contributed by atoms with E-state index >= 15 is 0 Å². The van der Waals surface area contributed by atoms with Gasteiger partial charge in [-0.1, -0.05) is 28.1 Å². The number of nitrogens with one attached hydrogen (secondary N) is 1. The van der Waals surface area contributed by atoms with Crippen molar-refractivity contribution in [2.45, 2.75) is 31.7 Å². The molecule has 1 fully saturated rings. The Morgan fingerprint density at radius 1 is 1.39 bits per heavy atom. The molecule has 98 valence electrons. The predicted octanol–water partition coefficient (Wildman–Crippen LogP) is 3.70. The highest BCUT2D eigenvalue weighted by Gasteiger charge is 2.19. The van der Waals surface area contributed by atoms with Crippen molar-refractivity contribution in [1.82, 2.24) is 5.32 Å². The average molecular weight is 310 g/mol. The second kappa shape index (κ2) is 6.95. The van der Waals surface area contributed by atoms with Crippen molar-refractivity contribution in [2.75, 3.05) is 13.7 Å². The lowest BCUT2D eigenvalue weighted by atomic mass is 10.1. The molecule has 0 bridgehead atoms. The zero-order chi connectivity index (χ0) is 12.8. The number of methoxy groups -OCH3 is 1. The number of allylic oxidation sites excluding steroid dienone is 1. The highest BCUT2D eigenvalue weighted by atomic mass is 79.9. The van der Waals surface area contributed by atoms with E-state index < -0.39 is 0 Å². The first-order chi connectivity index (χ1) is 8.79. The van der Waals surface area contributed by atoms with Crippen molar-refractivity contribution < 1.29 is 4.74 Å². The number of ether oxygens (including phenoxy) is 1. The minimum Gasteiger partial charge on any atom is -0.497 e. The van der Waals surface area contributed by atoms with E-state index in [9.17, 15) is 0 Å². The summed E-state index contributed by atoms with van der Waals surface area (Å²) in [7, 11) is 1.70. The Hall–Kier alpha value is -0.800. The minimum atomic E-state index is 0.811. The van der Waals surface area contributed by atoms with Crippen LogP contribution in [0.4, 0.5) is 0 Å². The molecule has 1 N–H and O–H groups in total. The number of rotatable bonds is 7. The van der Waals surface area contributed by atoms with Crippen LogP contribution in [0.15, 0.2) is 34.8 Å². The van der Waals surface area contributed by atoms with Gasteiger partial charge in [-0.15, -0.1) is 0 Å². The third-order valence-corrected chi connectivity index (χ3v) is 3.85. The van der Waals surface area contributed by atoms with E-state index in [1.54, 1.807) is 7.11 Å². The maximum Gasteiger partial charge on any atom is 0.119 e. The lowest BCUT2D eigenvalue weighted by Gasteiger charge is -2.05. The highest BCUT2D eigenvalue weighted by molar-refractivity contribution is 9.10. The van der Waals surface area contributed by atoms with E-state index in [1.165, 1.54) is 18.4 Å². The van der Waals surface area contributed by atoms with Crippen LogP contribution in [-0.2, 0) is 6.42 Å². The molecule has 2 nitrogen and oxygen atoms in total. The van der Waals surface area contributed by atoms with Crippen LogP contribution in [0.5, 0.6) is 5.75 Å². The maximum absolute atomic E-state index is 5.23. The fourth-order valence-corrected chi connectivity index (χ4v) is 2.23. The van der Waals surface area contributed by atoms with Crippen LogP contribution in [0.3, 0.4) is 0 Å². The Morgan fingerprint density at radius 2 is 2.22 bits per heavy atom. The van der Waals surface area contributed by atoms with E-state index in [1.807, 2.05) is 12.1 Å². The van der Waals surface area contributed by atoms with E-state index in [0.717, 1.165) is 35.7 Å². The van der Waals surface area contributed by atoms with Crippen LogP contribution in [0.2, 0.25) is 0 Å². The van der Waals surface area contributed by atoms with Crippen molar-refractivity contribution in [3.63, 3.8) is 0 Å². The normalized spacial score (nSPS) is 15.2. The Balaban J connectivity index is 1.75. The molecule has 2 rings (SSSR count). The van der Waals surface area contributed by atoms with Gasteiger partial charge in [0.25, 0.3) is 0 Å².